The van der Waals surface area contributed by atoms with Crippen LogP contribution in [-0.2, 0) is 10.3 Å². The first-order chi connectivity index (χ1) is 9.43. The number of carboxylic acids is 1. The minimum absolute atomic E-state index is 0.147. The summed E-state index contributed by atoms with van der Waals surface area (Å²) in [6, 6.07) is 8.25. The topological polar surface area (TPSA) is 43.8 Å². The van der Waals surface area contributed by atoms with Crippen LogP contribution in [0.5, 0.6) is 0 Å². The summed E-state index contributed by atoms with van der Waals surface area (Å²) >= 11 is 0. The molecule has 1 atom stereocenters. The van der Waals surface area contributed by atoms with Crippen LogP contribution in [0.1, 0.15) is 31.7 Å². The van der Waals surface area contributed by atoms with Gasteiger partial charge in [-0.15, -0.1) is 0 Å². The van der Waals surface area contributed by atoms with Crippen molar-refractivity contribution in [3.63, 3.8) is 0 Å². The SMILES string of the molecule is CN(C)c1ccc(C(C)(CC(=O)O)N2CCCC2)cc1. The highest BCUT2D eigenvalue weighted by Crippen LogP contribution is 2.35. The fraction of sp³-hybridized carbons (Fsp3) is 0.562. The molecule has 1 N–H and O–H groups in total. The normalized spacial score (nSPS) is 18.8. The highest BCUT2D eigenvalue weighted by Gasteiger charge is 2.37. The van der Waals surface area contributed by atoms with Gasteiger partial charge in [0.25, 0.3) is 0 Å². The van der Waals surface area contributed by atoms with Crippen LogP contribution in [0.4, 0.5) is 5.69 Å². The number of anilines is 1. The average Bonchev–Trinajstić information content (AvgIpc) is 2.92. The highest BCUT2D eigenvalue weighted by atomic mass is 16.4. The summed E-state index contributed by atoms with van der Waals surface area (Å²) in [6.45, 7) is 4.02. The number of carbonyl (C=O) groups is 1. The Hall–Kier alpha value is -1.55. The molecule has 1 unspecified atom stereocenters. The van der Waals surface area contributed by atoms with Crippen molar-refractivity contribution in [1.82, 2.24) is 4.90 Å². The second-order valence-electron chi connectivity index (χ2n) is 5.98. The molecule has 4 nitrogen and oxygen atoms in total. The Kier molecular flexibility index (Phi) is 4.33. The zero-order chi connectivity index (χ0) is 14.8. The van der Waals surface area contributed by atoms with Gasteiger partial charge in [0.2, 0.25) is 0 Å². The maximum atomic E-state index is 11.3. The third kappa shape index (κ3) is 2.96. The molecule has 20 heavy (non-hydrogen) atoms. The molecule has 0 aliphatic carbocycles. The van der Waals surface area contributed by atoms with E-state index in [9.17, 15) is 9.90 Å². The van der Waals surface area contributed by atoms with Crippen molar-refractivity contribution in [2.45, 2.75) is 31.7 Å². The van der Waals surface area contributed by atoms with E-state index in [2.05, 4.69) is 36.1 Å². The van der Waals surface area contributed by atoms with E-state index in [4.69, 9.17) is 0 Å². The maximum absolute atomic E-state index is 11.3. The van der Waals surface area contributed by atoms with E-state index in [1.807, 2.05) is 19.0 Å². The van der Waals surface area contributed by atoms with Gasteiger partial charge in [-0.25, -0.2) is 0 Å². The smallest absolute Gasteiger partial charge is 0.305 e. The molecule has 1 aliphatic heterocycles. The van der Waals surface area contributed by atoms with E-state index in [0.717, 1.165) is 37.2 Å². The van der Waals surface area contributed by atoms with E-state index >= 15 is 0 Å². The molecule has 2 rings (SSSR count). The van der Waals surface area contributed by atoms with Crippen molar-refractivity contribution < 1.29 is 9.90 Å². The monoisotopic (exact) mass is 276 g/mol. The van der Waals surface area contributed by atoms with Crippen LogP contribution in [0.2, 0.25) is 0 Å². The number of rotatable bonds is 5. The number of hydrogen-bond donors (Lipinski definition) is 1. The zero-order valence-corrected chi connectivity index (χ0v) is 12.6. The molecule has 0 bridgehead atoms. The lowest BCUT2D eigenvalue weighted by molar-refractivity contribution is -0.140. The van der Waals surface area contributed by atoms with Crippen molar-refractivity contribution >= 4 is 11.7 Å². The van der Waals surface area contributed by atoms with Gasteiger partial charge in [-0.2, -0.15) is 0 Å². The Balaban J connectivity index is 2.32. The molecule has 1 fully saturated rings. The van der Waals surface area contributed by atoms with Gasteiger partial charge in [-0.3, -0.25) is 9.69 Å². The number of benzene rings is 1. The molecule has 0 amide bonds. The van der Waals surface area contributed by atoms with Gasteiger partial charge >= 0.3 is 5.97 Å². The summed E-state index contributed by atoms with van der Waals surface area (Å²) in [5.74, 6) is -0.740. The van der Waals surface area contributed by atoms with Gasteiger partial charge in [-0.1, -0.05) is 12.1 Å². The molecular formula is C16H24N2O2. The van der Waals surface area contributed by atoms with E-state index in [0.29, 0.717) is 0 Å². The van der Waals surface area contributed by atoms with Crippen molar-refractivity contribution in [2.75, 3.05) is 32.1 Å². The van der Waals surface area contributed by atoms with Gasteiger partial charge in [0.05, 0.1) is 12.0 Å². The molecule has 1 heterocycles. The van der Waals surface area contributed by atoms with E-state index in [-0.39, 0.29) is 6.42 Å². The largest absolute Gasteiger partial charge is 0.481 e. The average molecular weight is 276 g/mol. The second kappa shape index (κ2) is 5.83. The van der Waals surface area contributed by atoms with E-state index in [1.54, 1.807) is 0 Å². The summed E-state index contributed by atoms with van der Waals surface area (Å²) in [7, 11) is 4.01. The predicted molar refractivity (Wildman–Crippen MR) is 81.2 cm³/mol. The lowest BCUT2D eigenvalue weighted by atomic mass is 9.86. The van der Waals surface area contributed by atoms with Crippen LogP contribution in [-0.4, -0.2) is 43.2 Å². The predicted octanol–water partition coefficient (Wildman–Crippen LogP) is 2.54. The second-order valence-corrected chi connectivity index (χ2v) is 5.98. The molecule has 1 aromatic carbocycles. The summed E-state index contributed by atoms with van der Waals surface area (Å²) < 4.78 is 0. The Morgan fingerprint density at radius 3 is 2.25 bits per heavy atom. The molecule has 1 saturated heterocycles. The van der Waals surface area contributed by atoms with Crippen LogP contribution in [0.15, 0.2) is 24.3 Å². The maximum Gasteiger partial charge on any atom is 0.305 e. The molecule has 1 aliphatic rings. The van der Waals surface area contributed by atoms with Crippen molar-refractivity contribution in [2.24, 2.45) is 0 Å². The quantitative estimate of drug-likeness (QED) is 0.897. The van der Waals surface area contributed by atoms with Crippen LogP contribution >= 0.6 is 0 Å². The summed E-state index contributed by atoms with van der Waals surface area (Å²) in [6.07, 6.45) is 2.46. The molecule has 0 spiro atoms. The van der Waals surface area contributed by atoms with Gasteiger partial charge in [0, 0.05) is 19.8 Å². The van der Waals surface area contributed by atoms with Crippen molar-refractivity contribution in [3.05, 3.63) is 29.8 Å². The Morgan fingerprint density at radius 2 is 1.80 bits per heavy atom. The number of likely N-dealkylation sites (tertiary alicyclic amines) is 1. The summed E-state index contributed by atoms with van der Waals surface area (Å²) in [5.41, 5.74) is 1.81. The first-order valence-corrected chi connectivity index (χ1v) is 7.18. The number of carboxylic acid groups (broad SMARTS) is 1. The van der Waals surface area contributed by atoms with Gasteiger partial charge in [0.15, 0.2) is 0 Å². The summed E-state index contributed by atoms with van der Waals surface area (Å²) in [4.78, 5) is 15.6. The molecular weight excluding hydrogens is 252 g/mol. The summed E-state index contributed by atoms with van der Waals surface area (Å²) in [5, 5.41) is 9.28. The molecule has 4 heteroatoms. The third-order valence-electron chi connectivity index (χ3n) is 4.31. The van der Waals surface area contributed by atoms with Crippen molar-refractivity contribution in [3.8, 4) is 0 Å². The van der Waals surface area contributed by atoms with Crippen molar-refractivity contribution in [1.29, 1.82) is 0 Å². The number of nitrogens with zero attached hydrogens (tertiary/aromatic N) is 2. The molecule has 0 saturated carbocycles. The number of hydrogen-bond acceptors (Lipinski definition) is 3. The highest BCUT2D eigenvalue weighted by molar-refractivity contribution is 5.69. The lowest BCUT2D eigenvalue weighted by Gasteiger charge is -2.38. The van der Waals surface area contributed by atoms with Crippen LogP contribution < -0.4 is 4.90 Å². The zero-order valence-electron chi connectivity index (χ0n) is 12.6. The van der Waals surface area contributed by atoms with Crippen LogP contribution in [0.25, 0.3) is 0 Å². The minimum Gasteiger partial charge on any atom is -0.481 e. The molecule has 0 radical (unpaired) electrons. The van der Waals surface area contributed by atoms with E-state index < -0.39 is 11.5 Å². The molecule has 0 aromatic heterocycles. The minimum atomic E-state index is -0.740. The fourth-order valence-corrected chi connectivity index (χ4v) is 3.02. The van der Waals surface area contributed by atoms with Crippen LogP contribution in [0.3, 0.4) is 0 Å². The number of aliphatic carboxylic acids is 1. The van der Waals surface area contributed by atoms with Gasteiger partial charge < -0.3 is 10.0 Å². The van der Waals surface area contributed by atoms with Crippen LogP contribution in [0, 0.1) is 0 Å². The third-order valence-corrected chi connectivity index (χ3v) is 4.31. The Bertz CT molecular complexity index is 464. The van der Waals surface area contributed by atoms with E-state index in [1.165, 1.54) is 0 Å². The Labute approximate surface area is 121 Å². The fourth-order valence-electron chi connectivity index (χ4n) is 3.02. The molecule has 110 valence electrons. The first-order valence-electron chi connectivity index (χ1n) is 7.18. The van der Waals surface area contributed by atoms with Gasteiger partial charge in [-0.05, 0) is 50.6 Å². The van der Waals surface area contributed by atoms with Gasteiger partial charge in [0.1, 0.15) is 0 Å². The lowest BCUT2D eigenvalue weighted by Crippen LogP contribution is -2.43. The Morgan fingerprint density at radius 1 is 1.25 bits per heavy atom. The molecule has 1 aromatic rings. The first kappa shape index (κ1) is 14.9. The standard InChI is InChI=1S/C16H24N2O2/c1-16(12-15(19)20,18-10-4-5-11-18)13-6-8-14(9-7-13)17(2)3/h6-9H,4-5,10-12H2,1-3H3,(H,19,20).